The number of aryl methyl sites for hydroxylation is 1. The highest BCUT2D eigenvalue weighted by atomic mass is 15.3. The molecule has 0 aromatic carbocycles. The van der Waals surface area contributed by atoms with E-state index in [1.807, 2.05) is 45.0 Å². The molecule has 2 aromatic rings. The van der Waals surface area contributed by atoms with Crippen molar-refractivity contribution >= 4 is 11.9 Å². The molecule has 2 rings (SSSR count). The number of hydrogen-bond donors (Lipinski definition) is 1. The fourth-order valence-electron chi connectivity index (χ4n) is 1.53. The maximum Gasteiger partial charge on any atom is 0.230 e. The van der Waals surface area contributed by atoms with Gasteiger partial charge in [-0.05, 0) is 26.0 Å². The van der Waals surface area contributed by atoms with Crippen LogP contribution in [-0.2, 0) is 0 Å². The quantitative estimate of drug-likeness (QED) is 0.901. The van der Waals surface area contributed by atoms with E-state index in [4.69, 9.17) is 0 Å². The third kappa shape index (κ3) is 3.15. The van der Waals surface area contributed by atoms with Crippen LogP contribution in [0.1, 0.15) is 12.6 Å². The minimum atomic E-state index is 0.580. The number of pyridine rings is 1. The molecule has 100 valence electrons. The van der Waals surface area contributed by atoms with Gasteiger partial charge in [-0.15, -0.1) is 0 Å². The fourth-order valence-corrected chi connectivity index (χ4v) is 1.53. The predicted octanol–water partition coefficient (Wildman–Crippen LogP) is 1.74. The van der Waals surface area contributed by atoms with Crippen molar-refractivity contribution in [3.63, 3.8) is 0 Å². The van der Waals surface area contributed by atoms with E-state index in [-0.39, 0.29) is 0 Å². The lowest BCUT2D eigenvalue weighted by Gasteiger charge is -2.13. The van der Waals surface area contributed by atoms with Gasteiger partial charge in [0.25, 0.3) is 0 Å². The molecule has 0 saturated heterocycles. The van der Waals surface area contributed by atoms with Gasteiger partial charge >= 0.3 is 0 Å². The van der Waals surface area contributed by atoms with E-state index in [9.17, 15) is 0 Å². The summed E-state index contributed by atoms with van der Waals surface area (Å²) in [6, 6.07) is 3.91. The van der Waals surface area contributed by atoms with E-state index >= 15 is 0 Å². The lowest BCUT2D eigenvalue weighted by atomic mass is 10.2. The molecule has 0 amide bonds. The third-order valence-electron chi connectivity index (χ3n) is 2.53. The van der Waals surface area contributed by atoms with Crippen molar-refractivity contribution < 1.29 is 0 Å². The molecule has 0 aliphatic carbocycles. The van der Waals surface area contributed by atoms with Crippen LogP contribution >= 0.6 is 0 Å². The fraction of sp³-hybridized carbons (Fsp3) is 0.385. The number of aromatic nitrogens is 4. The van der Waals surface area contributed by atoms with E-state index < -0.39 is 0 Å². The average Bonchev–Trinajstić information content (AvgIpc) is 2.39. The number of hydrogen-bond acceptors (Lipinski definition) is 6. The first-order valence-corrected chi connectivity index (χ1v) is 6.20. The Bertz CT molecular complexity index is 550. The van der Waals surface area contributed by atoms with Crippen LogP contribution in [0, 0.1) is 6.92 Å². The molecular formula is C13H18N6. The van der Waals surface area contributed by atoms with Crippen LogP contribution in [0.3, 0.4) is 0 Å². The molecule has 6 nitrogen and oxygen atoms in total. The Morgan fingerprint density at radius 2 is 1.95 bits per heavy atom. The summed E-state index contributed by atoms with van der Waals surface area (Å²) in [6.45, 7) is 4.72. The van der Waals surface area contributed by atoms with Gasteiger partial charge in [0, 0.05) is 38.1 Å². The van der Waals surface area contributed by atoms with E-state index in [1.54, 1.807) is 6.20 Å². The molecule has 0 aliphatic heterocycles. The zero-order valence-corrected chi connectivity index (χ0v) is 11.7. The Hall–Kier alpha value is -2.24. The molecule has 0 fully saturated rings. The van der Waals surface area contributed by atoms with Crippen LogP contribution in [-0.4, -0.2) is 40.6 Å². The van der Waals surface area contributed by atoms with E-state index in [1.165, 1.54) is 0 Å². The Kier molecular flexibility index (Phi) is 3.89. The molecule has 0 saturated carbocycles. The van der Waals surface area contributed by atoms with Crippen LogP contribution in [0.25, 0.3) is 11.4 Å². The monoisotopic (exact) mass is 258 g/mol. The van der Waals surface area contributed by atoms with Crippen molar-refractivity contribution in [2.45, 2.75) is 13.8 Å². The SMILES string of the molecule is CCNc1nc(-c2ccc(C)nc2)nc(N(C)C)n1. The summed E-state index contributed by atoms with van der Waals surface area (Å²) in [6.07, 6.45) is 1.78. The van der Waals surface area contributed by atoms with Crippen LogP contribution < -0.4 is 10.2 Å². The van der Waals surface area contributed by atoms with E-state index in [0.717, 1.165) is 17.8 Å². The van der Waals surface area contributed by atoms with Gasteiger partial charge in [0.15, 0.2) is 5.82 Å². The summed E-state index contributed by atoms with van der Waals surface area (Å²) in [7, 11) is 3.81. The van der Waals surface area contributed by atoms with Crippen LogP contribution in [0.4, 0.5) is 11.9 Å². The number of nitrogens with zero attached hydrogens (tertiary/aromatic N) is 5. The van der Waals surface area contributed by atoms with Gasteiger partial charge < -0.3 is 10.2 Å². The van der Waals surface area contributed by atoms with Crippen molar-refractivity contribution in [2.24, 2.45) is 0 Å². The highest BCUT2D eigenvalue weighted by Crippen LogP contribution is 2.18. The van der Waals surface area contributed by atoms with Crippen LogP contribution in [0.15, 0.2) is 18.3 Å². The van der Waals surface area contributed by atoms with Crippen molar-refractivity contribution in [1.29, 1.82) is 0 Å². The van der Waals surface area contributed by atoms with Gasteiger partial charge in [0.1, 0.15) is 0 Å². The molecule has 0 unspecified atom stereocenters. The summed E-state index contributed by atoms with van der Waals surface area (Å²) in [5.41, 5.74) is 1.85. The number of anilines is 2. The molecule has 1 N–H and O–H groups in total. The molecule has 0 radical (unpaired) electrons. The first kappa shape index (κ1) is 13.2. The summed E-state index contributed by atoms with van der Waals surface area (Å²) in [5, 5.41) is 3.12. The molecule has 6 heteroatoms. The Morgan fingerprint density at radius 1 is 1.16 bits per heavy atom. The minimum Gasteiger partial charge on any atom is -0.354 e. The van der Waals surface area contributed by atoms with Crippen molar-refractivity contribution in [1.82, 2.24) is 19.9 Å². The van der Waals surface area contributed by atoms with Gasteiger partial charge in [0.05, 0.1) is 0 Å². The lowest BCUT2D eigenvalue weighted by Crippen LogP contribution is -2.15. The number of nitrogens with one attached hydrogen (secondary N) is 1. The molecule has 0 atom stereocenters. The molecule has 19 heavy (non-hydrogen) atoms. The van der Waals surface area contributed by atoms with Crippen LogP contribution in [0.5, 0.6) is 0 Å². The number of rotatable bonds is 4. The highest BCUT2D eigenvalue weighted by molar-refractivity contribution is 5.57. The molecule has 0 spiro atoms. The van der Waals surface area contributed by atoms with Gasteiger partial charge in [-0.3, -0.25) is 4.98 Å². The Morgan fingerprint density at radius 3 is 2.53 bits per heavy atom. The summed E-state index contributed by atoms with van der Waals surface area (Å²) in [4.78, 5) is 19.3. The zero-order chi connectivity index (χ0) is 13.8. The molecule has 2 heterocycles. The van der Waals surface area contributed by atoms with Crippen molar-refractivity contribution in [3.8, 4) is 11.4 Å². The maximum absolute atomic E-state index is 4.44. The summed E-state index contributed by atoms with van der Waals surface area (Å²) < 4.78 is 0. The maximum atomic E-state index is 4.44. The van der Waals surface area contributed by atoms with Crippen LogP contribution in [0.2, 0.25) is 0 Å². The second-order valence-corrected chi connectivity index (χ2v) is 4.40. The largest absolute Gasteiger partial charge is 0.354 e. The Labute approximate surface area is 113 Å². The van der Waals surface area contributed by atoms with Crippen molar-refractivity contribution in [3.05, 3.63) is 24.0 Å². The first-order valence-electron chi connectivity index (χ1n) is 6.20. The third-order valence-corrected chi connectivity index (χ3v) is 2.53. The molecular weight excluding hydrogens is 240 g/mol. The molecule has 0 aliphatic rings. The normalized spacial score (nSPS) is 10.3. The first-order chi connectivity index (χ1) is 9.10. The molecule has 2 aromatic heterocycles. The minimum absolute atomic E-state index is 0.580. The topological polar surface area (TPSA) is 66.8 Å². The average molecular weight is 258 g/mol. The van der Waals surface area contributed by atoms with E-state index in [2.05, 4.69) is 25.3 Å². The van der Waals surface area contributed by atoms with Gasteiger partial charge in [-0.25, -0.2) is 0 Å². The summed E-state index contributed by atoms with van der Waals surface area (Å²) >= 11 is 0. The zero-order valence-electron chi connectivity index (χ0n) is 11.7. The van der Waals surface area contributed by atoms with Gasteiger partial charge in [-0.1, -0.05) is 0 Å². The Balaban J connectivity index is 2.46. The smallest absolute Gasteiger partial charge is 0.230 e. The standard InChI is InChI=1S/C13H18N6/c1-5-14-12-16-11(17-13(18-12)19(3)4)10-7-6-9(2)15-8-10/h6-8H,5H2,1-4H3,(H,14,16,17,18). The summed E-state index contributed by atoms with van der Waals surface area (Å²) in [5.74, 6) is 1.83. The second-order valence-electron chi connectivity index (χ2n) is 4.40. The van der Waals surface area contributed by atoms with Crippen molar-refractivity contribution in [2.75, 3.05) is 30.9 Å². The molecule has 0 bridgehead atoms. The lowest BCUT2D eigenvalue weighted by molar-refractivity contribution is 0.952. The van der Waals surface area contributed by atoms with E-state index in [0.29, 0.717) is 17.7 Å². The second kappa shape index (κ2) is 5.60. The van der Waals surface area contributed by atoms with Gasteiger partial charge in [-0.2, -0.15) is 15.0 Å². The predicted molar refractivity (Wildman–Crippen MR) is 76.3 cm³/mol. The van der Waals surface area contributed by atoms with Gasteiger partial charge in [0.2, 0.25) is 11.9 Å². The highest BCUT2D eigenvalue weighted by Gasteiger charge is 2.09.